The number of carbonyl (C=O) groups is 2. The molecule has 1 aliphatic rings. The van der Waals surface area contributed by atoms with Crippen LogP contribution in [0.5, 0.6) is 0 Å². The van der Waals surface area contributed by atoms with Crippen LogP contribution in [-0.4, -0.2) is 29.1 Å². The smallest absolute Gasteiger partial charge is 0.256 e. The molecule has 4 rings (SSSR count). The van der Waals surface area contributed by atoms with E-state index < -0.39 is 0 Å². The highest BCUT2D eigenvalue weighted by atomic mass is 32.2. The first-order valence-corrected chi connectivity index (χ1v) is 11.8. The minimum Gasteiger partial charge on any atom is -0.355 e. The van der Waals surface area contributed by atoms with Crippen molar-refractivity contribution in [1.29, 1.82) is 0 Å². The number of nitrogens with one attached hydrogen (secondary N) is 2. The Morgan fingerprint density at radius 3 is 2.68 bits per heavy atom. The maximum Gasteiger partial charge on any atom is 0.256 e. The largest absolute Gasteiger partial charge is 0.355 e. The number of pyridine rings is 1. The molecule has 31 heavy (non-hydrogen) atoms. The molecule has 5 nitrogen and oxygen atoms in total. The van der Waals surface area contributed by atoms with Gasteiger partial charge in [0.1, 0.15) is 0 Å². The summed E-state index contributed by atoms with van der Waals surface area (Å²) in [6, 6.07) is 16.9. The monoisotopic (exact) mass is 433 g/mol. The van der Waals surface area contributed by atoms with Crippen LogP contribution in [0.4, 0.5) is 5.69 Å². The lowest BCUT2D eigenvalue weighted by Gasteiger charge is -2.21. The third-order valence-electron chi connectivity index (χ3n) is 5.70. The molecular weight excluding hydrogens is 406 g/mol. The summed E-state index contributed by atoms with van der Waals surface area (Å²) in [5, 5.41) is 6.96. The van der Waals surface area contributed by atoms with Gasteiger partial charge in [-0.05, 0) is 55.2 Å². The summed E-state index contributed by atoms with van der Waals surface area (Å²) in [5.41, 5.74) is 2.12. The van der Waals surface area contributed by atoms with Crippen LogP contribution in [0.25, 0.3) is 10.9 Å². The second-order valence-corrected chi connectivity index (χ2v) is 8.94. The first-order chi connectivity index (χ1) is 15.2. The average Bonchev–Trinajstić information content (AvgIpc) is 2.82. The average molecular weight is 434 g/mol. The second-order valence-electron chi connectivity index (χ2n) is 7.92. The minimum atomic E-state index is -0.193. The van der Waals surface area contributed by atoms with Crippen LogP contribution in [0.15, 0.2) is 65.7 Å². The van der Waals surface area contributed by atoms with Gasteiger partial charge in [0.25, 0.3) is 5.91 Å². The zero-order valence-corrected chi connectivity index (χ0v) is 18.3. The maximum absolute atomic E-state index is 13.0. The van der Waals surface area contributed by atoms with Crippen molar-refractivity contribution in [1.82, 2.24) is 10.3 Å². The molecule has 0 radical (unpaired) electrons. The van der Waals surface area contributed by atoms with Gasteiger partial charge in [-0.25, -0.2) is 0 Å². The maximum atomic E-state index is 13.0. The highest BCUT2D eigenvalue weighted by Gasteiger charge is 2.16. The Bertz CT molecular complexity index is 1060. The predicted octanol–water partition coefficient (Wildman–Crippen LogP) is 5.28. The van der Waals surface area contributed by atoms with Crippen LogP contribution >= 0.6 is 11.8 Å². The Labute approximate surface area is 187 Å². The summed E-state index contributed by atoms with van der Waals surface area (Å²) in [6.45, 7) is 0.761. The Balaban J connectivity index is 1.38. The van der Waals surface area contributed by atoms with Crippen LogP contribution in [0, 0.1) is 5.92 Å². The van der Waals surface area contributed by atoms with Crippen molar-refractivity contribution in [3.8, 4) is 0 Å². The van der Waals surface area contributed by atoms with Crippen LogP contribution in [0.2, 0.25) is 0 Å². The quantitative estimate of drug-likeness (QED) is 0.498. The first kappa shape index (κ1) is 21.4. The summed E-state index contributed by atoms with van der Waals surface area (Å²) in [6.07, 6.45) is 8.00. The molecule has 0 aliphatic heterocycles. The van der Waals surface area contributed by atoms with Gasteiger partial charge < -0.3 is 10.6 Å². The van der Waals surface area contributed by atoms with Crippen molar-refractivity contribution in [3.63, 3.8) is 0 Å². The summed E-state index contributed by atoms with van der Waals surface area (Å²) in [4.78, 5) is 30.5. The third-order valence-corrected chi connectivity index (χ3v) is 6.77. The normalized spacial score (nSPS) is 14.3. The van der Waals surface area contributed by atoms with Gasteiger partial charge in [0.2, 0.25) is 5.91 Å². The molecule has 3 aromatic rings. The van der Waals surface area contributed by atoms with E-state index in [1.54, 1.807) is 12.3 Å². The molecule has 2 amide bonds. The summed E-state index contributed by atoms with van der Waals surface area (Å²) >= 11 is 1.40. The second kappa shape index (κ2) is 10.4. The van der Waals surface area contributed by atoms with Gasteiger partial charge in [0.05, 0.1) is 22.5 Å². The van der Waals surface area contributed by atoms with E-state index in [-0.39, 0.29) is 11.8 Å². The van der Waals surface area contributed by atoms with E-state index in [9.17, 15) is 9.59 Å². The predicted molar refractivity (Wildman–Crippen MR) is 126 cm³/mol. The number of anilines is 1. The number of benzene rings is 2. The van der Waals surface area contributed by atoms with E-state index >= 15 is 0 Å². The van der Waals surface area contributed by atoms with Crippen molar-refractivity contribution >= 4 is 40.2 Å². The van der Waals surface area contributed by atoms with Gasteiger partial charge >= 0.3 is 0 Å². The fourth-order valence-electron chi connectivity index (χ4n) is 4.03. The lowest BCUT2D eigenvalue weighted by atomic mass is 9.89. The van der Waals surface area contributed by atoms with Gasteiger partial charge in [-0.15, -0.1) is 11.8 Å². The summed E-state index contributed by atoms with van der Waals surface area (Å²) < 4.78 is 0. The summed E-state index contributed by atoms with van der Waals surface area (Å²) in [7, 11) is 0. The molecule has 2 N–H and O–H groups in total. The molecule has 160 valence electrons. The molecule has 0 saturated heterocycles. The van der Waals surface area contributed by atoms with Crippen molar-refractivity contribution in [2.45, 2.75) is 37.0 Å². The Hall–Kier alpha value is -2.86. The lowest BCUT2D eigenvalue weighted by molar-refractivity contribution is -0.118. The number of amides is 2. The van der Waals surface area contributed by atoms with E-state index in [2.05, 4.69) is 15.6 Å². The van der Waals surface area contributed by atoms with Crippen LogP contribution in [-0.2, 0) is 4.79 Å². The van der Waals surface area contributed by atoms with Gasteiger partial charge in [-0.3, -0.25) is 14.6 Å². The number of nitrogens with zero attached hydrogens (tertiary/aromatic N) is 1. The van der Waals surface area contributed by atoms with Crippen molar-refractivity contribution in [2.75, 3.05) is 17.6 Å². The van der Waals surface area contributed by atoms with Crippen molar-refractivity contribution < 1.29 is 9.59 Å². The number of carbonyl (C=O) groups excluding carboxylic acids is 2. The Morgan fingerprint density at radius 2 is 1.81 bits per heavy atom. The molecule has 0 bridgehead atoms. The molecule has 0 unspecified atom stereocenters. The van der Waals surface area contributed by atoms with Crippen LogP contribution < -0.4 is 10.6 Å². The lowest BCUT2D eigenvalue weighted by Crippen LogP contribution is -2.31. The minimum absolute atomic E-state index is 0.0194. The number of rotatable bonds is 7. The van der Waals surface area contributed by atoms with E-state index in [0.29, 0.717) is 17.2 Å². The zero-order valence-electron chi connectivity index (χ0n) is 17.5. The molecule has 0 atom stereocenters. The number of aromatic nitrogens is 1. The Morgan fingerprint density at radius 1 is 0.968 bits per heavy atom. The standard InChI is InChI=1S/C25H27N3O2S/c29-24(27-16-18-8-2-1-3-9-18)17-31-23-14-5-4-10-20(23)25(30)28-22-13-6-12-21-19(22)11-7-15-26-21/h4-7,10-15,18H,1-3,8-9,16-17H2,(H,27,29)(H,28,30). The van der Waals surface area contributed by atoms with E-state index in [1.807, 2.05) is 48.5 Å². The number of fused-ring (bicyclic) bond motifs is 1. The SMILES string of the molecule is O=C(CSc1ccccc1C(=O)Nc1cccc2ncccc12)NCC1CCCCC1. The molecule has 1 aromatic heterocycles. The zero-order chi connectivity index (χ0) is 21.5. The molecule has 1 heterocycles. The number of hydrogen-bond donors (Lipinski definition) is 2. The number of hydrogen-bond acceptors (Lipinski definition) is 4. The van der Waals surface area contributed by atoms with Gasteiger partial charge in [-0.2, -0.15) is 0 Å². The van der Waals surface area contributed by atoms with Crippen LogP contribution in [0.1, 0.15) is 42.5 Å². The van der Waals surface area contributed by atoms with E-state index in [1.165, 1.54) is 43.9 Å². The van der Waals surface area contributed by atoms with Crippen molar-refractivity contribution in [2.24, 2.45) is 5.92 Å². The molecule has 1 aliphatic carbocycles. The van der Waals surface area contributed by atoms with Gasteiger partial charge in [0.15, 0.2) is 0 Å². The van der Waals surface area contributed by atoms with Crippen molar-refractivity contribution in [3.05, 3.63) is 66.4 Å². The molecule has 0 spiro atoms. The fourth-order valence-corrected chi connectivity index (χ4v) is 4.91. The highest BCUT2D eigenvalue weighted by Crippen LogP contribution is 2.26. The number of thioether (sulfide) groups is 1. The molecule has 6 heteroatoms. The molecule has 1 saturated carbocycles. The van der Waals surface area contributed by atoms with E-state index in [4.69, 9.17) is 0 Å². The molecular formula is C25H27N3O2S. The van der Waals surface area contributed by atoms with Crippen LogP contribution in [0.3, 0.4) is 0 Å². The van der Waals surface area contributed by atoms with Gasteiger partial charge in [-0.1, -0.05) is 37.5 Å². The molecule has 2 aromatic carbocycles. The highest BCUT2D eigenvalue weighted by molar-refractivity contribution is 8.00. The molecule has 1 fully saturated rings. The summed E-state index contributed by atoms with van der Waals surface area (Å²) in [5.74, 6) is 0.735. The first-order valence-electron chi connectivity index (χ1n) is 10.8. The van der Waals surface area contributed by atoms with E-state index in [0.717, 1.165) is 28.0 Å². The topological polar surface area (TPSA) is 71.1 Å². The fraction of sp³-hybridized carbons (Fsp3) is 0.320. The van der Waals surface area contributed by atoms with Gasteiger partial charge in [0, 0.05) is 23.0 Å². The Kier molecular flexibility index (Phi) is 7.20. The third kappa shape index (κ3) is 5.64.